The van der Waals surface area contributed by atoms with Crippen molar-refractivity contribution < 1.29 is 0 Å². The maximum Gasteiger partial charge on any atom is 0.124 e. The number of hydrogen-bond acceptors (Lipinski definition) is 1. The van der Waals surface area contributed by atoms with Gasteiger partial charge in [0, 0.05) is 11.7 Å². The maximum absolute atomic E-state index is 8.77. The molecule has 12 heavy (non-hydrogen) atoms. The van der Waals surface area contributed by atoms with Crippen LogP contribution in [-0.2, 0) is 0 Å². The molecule has 0 aliphatic heterocycles. The van der Waals surface area contributed by atoms with Gasteiger partial charge in [-0.3, -0.25) is 0 Å². The first-order chi connectivity index (χ1) is 5.81. The molecule has 0 fully saturated rings. The summed E-state index contributed by atoms with van der Waals surface area (Å²) in [7, 11) is 0. The molecule has 0 unspecified atom stereocenters. The van der Waals surface area contributed by atoms with Crippen molar-refractivity contribution in [2.75, 3.05) is 0 Å². The number of fused-ring (bicyclic) bond motifs is 1. The van der Waals surface area contributed by atoms with E-state index in [0.29, 0.717) is 5.69 Å². The fraction of sp³-hybridized carbons (Fsp3) is 0.100. The average molecular weight is 156 g/mol. The van der Waals surface area contributed by atoms with Gasteiger partial charge in [-0.2, -0.15) is 5.26 Å². The second-order valence-electron chi connectivity index (χ2n) is 2.84. The third-order valence-corrected chi connectivity index (χ3v) is 1.88. The van der Waals surface area contributed by atoms with Crippen LogP contribution in [0.3, 0.4) is 0 Å². The van der Waals surface area contributed by atoms with Crippen molar-refractivity contribution in [2.45, 2.75) is 6.92 Å². The van der Waals surface area contributed by atoms with E-state index >= 15 is 0 Å². The SMILES string of the molecule is Cc1cc2cccc(C#N)n2c1. The lowest BCUT2D eigenvalue weighted by Gasteiger charge is -1.94. The van der Waals surface area contributed by atoms with Gasteiger partial charge in [0.1, 0.15) is 11.8 Å². The Labute approximate surface area is 70.7 Å². The van der Waals surface area contributed by atoms with Crippen molar-refractivity contribution in [3.63, 3.8) is 0 Å². The van der Waals surface area contributed by atoms with Gasteiger partial charge in [0.05, 0.1) is 0 Å². The molecule has 0 radical (unpaired) electrons. The summed E-state index contributed by atoms with van der Waals surface area (Å²) >= 11 is 0. The highest BCUT2D eigenvalue weighted by Gasteiger charge is 1.98. The van der Waals surface area contributed by atoms with E-state index < -0.39 is 0 Å². The van der Waals surface area contributed by atoms with E-state index in [1.807, 2.05) is 35.7 Å². The molecule has 0 N–H and O–H groups in total. The van der Waals surface area contributed by atoms with Gasteiger partial charge in [-0.15, -0.1) is 0 Å². The monoisotopic (exact) mass is 156 g/mol. The third-order valence-electron chi connectivity index (χ3n) is 1.88. The van der Waals surface area contributed by atoms with Crippen LogP contribution in [0.2, 0.25) is 0 Å². The fourth-order valence-corrected chi connectivity index (χ4v) is 1.36. The Morgan fingerprint density at radius 1 is 1.42 bits per heavy atom. The van der Waals surface area contributed by atoms with Gasteiger partial charge in [0.25, 0.3) is 0 Å². The highest BCUT2D eigenvalue weighted by Crippen LogP contribution is 2.11. The zero-order valence-corrected chi connectivity index (χ0v) is 6.78. The zero-order chi connectivity index (χ0) is 8.55. The Morgan fingerprint density at radius 2 is 2.25 bits per heavy atom. The second kappa shape index (κ2) is 2.38. The molecule has 0 spiro atoms. The van der Waals surface area contributed by atoms with Crippen LogP contribution in [0.4, 0.5) is 0 Å². The molecule has 0 aliphatic carbocycles. The van der Waals surface area contributed by atoms with Crippen LogP contribution in [-0.4, -0.2) is 4.40 Å². The van der Waals surface area contributed by atoms with E-state index in [9.17, 15) is 0 Å². The Morgan fingerprint density at radius 3 is 3.00 bits per heavy atom. The van der Waals surface area contributed by atoms with Gasteiger partial charge < -0.3 is 4.40 Å². The van der Waals surface area contributed by atoms with Crippen LogP contribution in [0, 0.1) is 18.3 Å². The number of aryl methyl sites for hydroxylation is 1. The smallest absolute Gasteiger partial charge is 0.124 e. The summed E-state index contributed by atoms with van der Waals surface area (Å²) in [5.41, 5.74) is 2.94. The van der Waals surface area contributed by atoms with E-state index in [4.69, 9.17) is 5.26 Å². The molecule has 0 bridgehead atoms. The number of pyridine rings is 1. The molecule has 0 saturated carbocycles. The molecule has 2 nitrogen and oxygen atoms in total. The normalized spacial score (nSPS) is 10.0. The molecule has 2 aromatic heterocycles. The lowest BCUT2D eigenvalue weighted by Crippen LogP contribution is -1.87. The van der Waals surface area contributed by atoms with Gasteiger partial charge in [-0.25, -0.2) is 0 Å². The van der Waals surface area contributed by atoms with Crippen molar-refractivity contribution in [3.05, 3.63) is 41.7 Å². The van der Waals surface area contributed by atoms with Crippen molar-refractivity contribution >= 4 is 5.52 Å². The van der Waals surface area contributed by atoms with Gasteiger partial charge in [-0.1, -0.05) is 6.07 Å². The van der Waals surface area contributed by atoms with E-state index in [2.05, 4.69) is 12.1 Å². The van der Waals surface area contributed by atoms with Crippen molar-refractivity contribution in [3.8, 4) is 6.07 Å². The first-order valence-corrected chi connectivity index (χ1v) is 3.79. The van der Waals surface area contributed by atoms with Crippen molar-refractivity contribution in [1.29, 1.82) is 5.26 Å². The average Bonchev–Trinajstić information content (AvgIpc) is 2.44. The van der Waals surface area contributed by atoms with Gasteiger partial charge >= 0.3 is 0 Å². The minimum Gasteiger partial charge on any atom is -0.308 e. The lowest BCUT2D eigenvalue weighted by molar-refractivity contribution is 1.14. The van der Waals surface area contributed by atoms with Crippen LogP contribution in [0.25, 0.3) is 5.52 Å². The summed E-state index contributed by atoms with van der Waals surface area (Å²) in [4.78, 5) is 0. The second-order valence-corrected chi connectivity index (χ2v) is 2.84. The van der Waals surface area contributed by atoms with E-state index in [1.165, 1.54) is 5.56 Å². The fourth-order valence-electron chi connectivity index (χ4n) is 1.36. The molecule has 0 aromatic carbocycles. The van der Waals surface area contributed by atoms with Crippen LogP contribution in [0.15, 0.2) is 30.5 Å². The minimum atomic E-state index is 0.681. The predicted octanol–water partition coefficient (Wildman–Crippen LogP) is 2.12. The number of nitriles is 1. The van der Waals surface area contributed by atoms with Gasteiger partial charge in [0.15, 0.2) is 0 Å². The topological polar surface area (TPSA) is 28.2 Å². The summed E-state index contributed by atoms with van der Waals surface area (Å²) in [6.45, 7) is 2.02. The van der Waals surface area contributed by atoms with Crippen LogP contribution in [0.5, 0.6) is 0 Å². The first kappa shape index (κ1) is 6.93. The van der Waals surface area contributed by atoms with Crippen LogP contribution < -0.4 is 0 Å². The molecule has 0 saturated heterocycles. The molecule has 2 aromatic rings. The molecule has 2 rings (SSSR count). The molecule has 2 heterocycles. The predicted molar refractivity (Wildman–Crippen MR) is 46.8 cm³/mol. The van der Waals surface area contributed by atoms with Gasteiger partial charge in [-0.05, 0) is 30.7 Å². The number of rotatable bonds is 0. The van der Waals surface area contributed by atoms with E-state index in [-0.39, 0.29) is 0 Å². The maximum atomic E-state index is 8.77. The Hall–Kier alpha value is -1.75. The summed E-state index contributed by atoms with van der Waals surface area (Å²) in [6, 6.07) is 9.90. The van der Waals surface area contributed by atoms with Crippen LogP contribution >= 0.6 is 0 Å². The largest absolute Gasteiger partial charge is 0.308 e. The summed E-state index contributed by atoms with van der Waals surface area (Å²) in [6.07, 6.45) is 1.97. The number of nitrogens with zero attached hydrogens (tertiary/aromatic N) is 2. The Balaban J connectivity index is 2.89. The van der Waals surface area contributed by atoms with Gasteiger partial charge in [0.2, 0.25) is 0 Å². The Bertz CT molecular complexity index is 460. The quantitative estimate of drug-likeness (QED) is 0.574. The van der Waals surface area contributed by atoms with Crippen molar-refractivity contribution in [1.82, 2.24) is 4.40 Å². The number of hydrogen-bond donors (Lipinski definition) is 0. The molecule has 0 amide bonds. The molecular weight excluding hydrogens is 148 g/mol. The minimum absolute atomic E-state index is 0.681. The third kappa shape index (κ3) is 0.876. The summed E-state index contributed by atoms with van der Waals surface area (Å²) < 4.78 is 1.90. The highest BCUT2D eigenvalue weighted by atomic mass is 14.9. The highest BCUT2D eigenvalue weighted by molar-refractivity contribution is 5.52. The Kier molecular flexibility index (Phi) is 1.38. The summed E-state index contributed by atoms with van der Waals surface area (Å²) in [5, 5.41) is 8.77. The van der Waals surface area contributed by atoms with E-state index in [1.54, 1.807) is 0 Å². The molecule has 0 atom stereocenters. The standard InChI is InChI=1S/C10H8N2/c1-8-5-9-3-2-4-10(6-11)12(9)7-8/h2-5,7H,1H3. The summed E-state index contributed by atoms with van der Waals surface area (Å²) in [5.74, 6) is 0. The molecular formula is C10H8N2. The number of aromatic nitrogens is 1. The molecule has 0 aliphatic rings. The molecule has 2 heteroatoms. The van der Waals surface area contributed by atoms with Crippen LogP contribution in [0.1, 0.15) is 11.3 Å². The first-order valence-electron chi connectivity index (χ1n) is 3.79. The molecule has 58 valence electrons. The van der Waals surface area contributed by atoms with E-state index in [0.717, 1.165) is 5.52 Å². The lowest BCUT2D eigenvalue weighted by atomic mass is 10.3. The zero-order valence-electron chi connectivity index (χ0n) is 6.78. The van der Waals surface area contributed by atoms with Crippen molar-refractivity contribution in [2.24, 2.45) is 0 Å².